The summed E-state index contributed by atoms with van der Waals surface area (Å²) in [5.74, 6) is 1.80. The molecule has 0 bridgehead atoms. The van der Waals surface area contributed by atoms with Crippen LogP contribution in [0.4, 0.5) is 0 Å². The summed E-state index contributed by atoms with van der Waals surface area (Å²) in [6, 6.07) is 12.7. The first-order valence-corrected chi connectivity index (χ1v) is 6.36. The number of amidine groups is 1. The van der Waals surface area contributed by atoms with Gasteiger partial charge >= 0.3 is 0 Å². The van der Waals surface area contributed by atoms with Gasteiger partial charge in [-0.1, -0.05) is 12.1 Å². The third kappa shape index (κ3) is 3.06. The van der Waals surface area contributed by atoms with Crippen molar-refractivity contribution in [2.75, 3.05) is 7.11 Å². The molecule has 0 aliphatic carbocycles. The number of halogens is 1. The van der Waals surface area contributed by atoms with Crippen molar-refractivity contribution in [3.63, 3.8) is 0 Å². The maximum atomic E-state index is 7.60. The van der Waals surface area contributed by atoms with Crippen LogP contribution >= 0.6 is 15.9 Å². The molecular weight excluding hydrogens is 308 g/mol. The summed E-state index contributed by atoms with van der Waals surface area (Å²) in [5, 5.41) is 7.60. The number of nitrogens with two attached hydrogens (primary N) is 1. The summed E-state index contributed by atoms with van der Waals surface area (Å²) in [6.07, 6.45) is 0. The van der Waals surface area contributed by atoms with Crippen molar-refractivity contribution in [3.05, 3.63) is 52.5 Å². The van der Waals surface area contributed by atoms with E-state index in [2.05, 4.69) is 15.9 Å². The lowest BCUT2D eigenvalue weighted by Crippen LogP contribution is -2.13. The Morgan fingerprint density at radius 3 is 2.53 bits per heavy atom. The molecule has 0 aromatic heterocycles. The summed E-state index contributed by atoms with van der Waals surface area (Å²) in [4.78, 5) is 0. The first-order chi connectivity index (χ1) is 9.11. The predicted molar refractivity (Wildman–Crippen MR) is 78.2 cm³/mol. The monoisotopic (exact) mass is 320 g/mol. The zero-order valence-corrected chi connectivity index (χ0v) is 11.9. The van der Waals surface area contributed by atoms with Crippen molar-refractivity contribution in [1.29, 1.82) is 5.41 Å². The van der Waals surface area contributed by atoms with Crippen LogP contribution in [0, 0.1) is 5.41 Å². The molecule has 98 valence electrons. The molecule has 0 aliphatic heterocycles. The highest BCUT2D eigenvalue weighted by Gasteiger charge is 2.11. The molecule has 0 saturated heterocycles. The van der Waals surface area contributed by atoms with Crippen LogP contribution in [-0.2, 0) is 0 Å². The fourth-order valence-electron chi connectivity index (χ4n) is 1.64. The summed E-state index contributed by atoms with van der Waals surface area (Å²) in [5.41, 5.74) is 6.11. The highest BCUT2D eigenvalue weighted by molar-refractivity contribution is 9.10. The maximum Gasteiger partial charge on any atom is 0.139 e. The van der Waals surface area contributed by atoms with Crippen LogP contribution in [0.25, 0.3) is 0 Å². The minimum Gasteiger partial charge on any atom is -0.497 e. The summed E-state index contributed by atoms with van der Waals surface area (Å²) in [6.45, 7) is 0. The predicted octanol–water partition coefficient (Wildman–Crippen LogP) is 3.53. The van der Waals surface area contributed by atoms with E-state index in [0.717, 1.165) is 4.47 Å². The molecule has 2 aromatic carbocycles. The molecule has 0 aliphatic rings. The Labute approximate surface area is 119 Å². The van der Waals surface area contributed by atoms with E-state index in [1.165, 1.54) is 0 Å². The topological polar surface area (TPSA) is 68.3 Å². The van der Waals surface area contributed by atoms with E-state index in [-0.39, 0.29) is 5.84 Å². The van der Waals surface area contributed by atoms with Crippen molar-refractivity contribution in [2.45, 2.75) is 0 Å². The average Bonchev–Trinajstić information content (AvgIpc) is 2.38. The number of hydrogen-bond donors (Lipinski definition) is 2. The standard InChI is InChI=1S/C14H13BrN2O2/c1-18-9-4-2-5-10(8-9)19-12-7-3-6-11(15)13(12)14(16)17/h2-8H,1H3,(H3,16,17). The minimum atomic E-state index is -0.0506. The Balaban J connectivity index is 2.38. The number of nitrogen functional groups attached to an aromatic ring is 1. The van der Waals surface area contributed by atoms with E-state index in [9.17, 15) is 0 Å². The van der Waals surface area contributed by atoms with Crippen molar-refractivity contribution in [1.82, 2.24) is 0 Å². The number of benzene rings is 2. The molecular formula is C14H13BrN2O2. The highest BCUT2D eigenvalue weighted by atomic mass is 79.9. The Morgan fingerprint density at radius 2 is 1.84 bits per heavy atom. The molecule has 0 fully saturated rings. The fourth-order valence-corrected chi connectivity index (χ4v) is 2.20. The third-order valence-electron chi connectivity index (χ3n) is 2.51. The van der Waals surface area contributed by atoms with Crippen molar-refractivity contribution in [3.8, 4) is 17.2 Å². The molecule has 5 heteroatoms. The number of ether oxygens (including phenoxy) is 2. The van der Waals surface area contributed by atoms with E-state index in [4.69, 9.17) is 20.6 Å². The fraction of sp³-hybridized carbons (Fsp3) is 0.0714. The Hall–Kier alpha value is -2.01. The van der Waals surface area contributed by atoms with Gasteiger partial charge < -0.3 is 15.2 Å². The second-order valence-electron chi connectivity index (χ2n) is 3.81. The van der Waals surface area contributed by atoms with Gasteiger partial charge in [0.15, 0.2) is 0 Å². The van der Waals surface area contributed by atoms with E-state index in [0.29, 0.717) is 22.8 Å². The molecule has 2 rings (SSSR count). The van der Waals surface area contributed by atoms with Gasteiger partial charge in [-0.25, -0.2) is 0 Å². The van der Waals surface area contributed by atoms with Crippen LogP contribution in [0.5, 0.6) is 17.2 Å². The van der Waals surface area contributed by atoms with E-state index >= 15 is 0 Å². The second-order valence-corrected chi connectivity index (χ2v) is 4.66. The first kappa shape index (κ1) is 13.4. The molecule has 0 saturated carbocycles. The average molecular weight is 321 g/mol. The van der Waals surface area contributed by atoms with Gasteiger partial charge in [-0.2, -0.15) is 0 Å². The Morgan fingerprint density at radius 1 is 1.16 bits per heavy atom. The molecule has 0 atom stereocenters. The van der Waals surface area contributed by atoms with E-state index < -0.39 is 0 Å². The second kappa shape index (κ2) is 5.75. The Bertz CT molecular complexity index is 614. The molecule has 0 amide bonds. The van der Waals surface area contributed by atoms with Crippen molar-refractivity contribution in [2.24, 2.45) is 5.73 Å². The SMILES string of the molecule is COc1cccc(Oc2cccc(Br)c2C(=N)N)c1. The molecule has 0 unspecified atom stereocenters. The van der Waals surface area contributed by atoms with Crippen molar-refractivity contribution < 1.29 is 9.47 Å². The first-order valence-electron chi connectivity index (χ1n) is 5.56. The van der Waals surface area contributed by atoms with Gasteiger partial charge in [0, 0.05) is 10.5 Å². The quantitative estimate of drug-likeness (QED) is 0.668. The molecule has 19 heavy (non-hydrogen) atoms. The molecule has 0 radical (unpaired) electrons. The summed E-state index contributed by atoms with van der Waals surface area (Å²) in [7, 11) is 1.60. The number of nitrogens with one attached hydrogen (secondary N) is 1. The maximum absolute atomic E-state index is 7.60. The largest absolute Gasteiger partial charge is 0.497 e. The lowest BCUT2D eigenvalue weighted by atomic mass is 10.2. The number of hydrogen-bond acceptors (Lipinski definition) is 3. The van der Waals surface area contributed by atoms with Gasteiger partial charge in [-0.05, 0) is 40.2 Å². The van der Waals surface area contributed by atoms with Crippen LogP contribution in [0.3, 0.4) is 0 Å². The van der Waals surface area contributed by atoms with Gasteiger partial charge in [0.05, 0.1) is 12.7 Å². The van der Waals surface area contributed by atoms with Crippen LogP contribution in [0.15, 0.2) is 46.9 Å². The third-order valence-corrected chi connectivity index (χ3v) is 3.17. The van der Waals surface area contributed by atoms with Gasteiger partial charge in [-0.15, -0.1) is 0 Å². The molecule has 0 heterocycles. The summed E-state index contributed by atoms with van der Waals surface area (Å²) < 4.78 is 11.6. The van der Waals surface area contributed by atoms with Crippen molar-refractivity contribution >= 4 is 21.8 Å². The summed E-state index contributed by atoms with van der Waals surface area (Å²) >= 11 is 3.36. The zero-order valence-electron chi connectivity index (χ0n) is 10.3. The van der Waals surface area contributed by atoms with Gasteiger partial charge in [0.1, 0.15) is 23.1 Å². The van der Waals surface area contributed by atoms with Gasteiger partial charge in [0.25, 0.3) is 0 Å². The number of rotatable bonds is 4. The van der Waals surface area contributed by atoms with Crippen LogP contribution in [-0.4, -0.2) is 12.9 Å². The minimum absolute atomic E-state index is 0.0506. The molecule has 2 aromatic rings. The lowest BCUT2D eigenvalue weighted by molar-refractivity contribution is 0.409. The normalized spacial score (nSPS) is 10.0. The van der Waals surface area contributed by atoms with E-state index in [1.54, 1.807) is 19.2 Å². The van der Waals surface area contributed by atoms with Gasteiger partial charge in [0.2, 0.25) is 0 Å². The highest BCUT2D eigenvalue weighted by Crippen LogP contribution is 2.31. The van der Waals surface area contributed by atoms with Crippen LogP contribution in [0.2, 0.25) is 0 Å². The number of methoxy groups -OCH3 is 1. The molecule has 4 nitrogen and oxygen atoms in total. The van der Waals surface area contributed by atoms with E-state index in [1.807, 2.05) is 30.3 Å². The smallest absolute Gasteiger partial charge is 0.139 e. The van der Waals surface area contributed by atoms with Crippen LogP contribution in [0.1, 0.15) is 5.56 Å². The Kier molecular flexibility index (Phi) is 4.06. The van der Waals surface area contributed by atoms with Gasteiger partial charge in [-0.3, -0.25) is 5.41 Å². The molecule has 0 spiro atoms. The molecule has 3 N–H and O–H groups in total. The zero-order chi connectivity index (χ0) is 13.8. The lowest BCUT2D eigenvalue weighted by Gasteiger charge is -2.12. The van der Waals surface area contributed by atoms with Crippen LogP contribution < -0.4 is 15.2 Å².